The second-order valence-corrected chi connectivity index (χ2v) is 15.1. The third-order valence-corrected chi connectivity index (χ3v) is 9.86. The predicted octanol–water partition coefficient (Wildman–Crippen LogP) is 4.60. The van der Waals surface area contributed by atoms with Crippen molar-refractivity contribution >= 4 is 23.6 Å². The lowest BCUT2D eigenvalue weighted by molar-refractivity contribution is -0.142. The van der Waals surface area contributed by atoms with Crippen LogP contribution in [0.2, 0.25) is 0 Å². The number of carbonyl (C=O) groups is 4. The highest BCUT2D eigenvalue weighted by atomic mass is 16.2. The number of hydrogen-bond acceptors (Lipinski definition) is 5. The molecule has 4 atom stereocenters. The zero-order valence-electron chi connectivity index (χ0n) is 29.2. The van der Waals surface area contributed by atoms with Crippen molar-refractivity contribution in [3.05, 3.63) is 11.6 Å². The summed E-state index contributed by atoms with van der Waals surface area (Å²) in [5.74, 6) is -0.267. The lowest BCUT2D eigenvalue weighted by atomic mass is 9.84. The van der Waals surface area contributed by atoms with E-state index < -0.39 is 17.5 Å². The molecule has 3 saturated heterocycles. The van der Waals surface area contributed by atoms with E-state index in [1.54, 1.807) is 23.8 Å². The molecule has 0 radical (unpaired) electrons. The van der Waals surface area contributed by atoms with E-state index >= 15 is 0 Å². The number of carbonyl (C=O) groups excluding carboxylic acids is 4. The van der Waals surface area contributed by atoms with Crippen molar-refractivity contribution in [1.29, 1.82) is 0 Å². The van der Waals surface area contributed by atoms with E-state index in [0.29, 0.717) is 18.5 Å². The molecule has 0 bridgehead atoms. The molecule has 3 aliphatic rings. The van der Waals surface area contributed by atoms with Gasteiger partial charge in [0.25, 0.3) is 0 Å². The topological polar surface area (TPSA) is 93.3 Å². The van der Waals surface area contributed by atoms with Crippen molar-refractivity contribution in [2.75, 3.05) is 33.2 Å². The van der Waals surface area contributed by atoms with Gasteiger partial charge in [-0.1, -0.05) is 60.0 Å². The highest BCUT2D eigenvalue weighted by molar-refractivity contribution is 5.97. The highest BCUT2D eigenvalue weighted by Crippen LogP contribution is 2.27. The Kier molecular flexibility index (Phi) is 12.9. The smallest absolute Gasteiger partial charge is 0.249 e. The van der Waals surface area contributed by atoms with Crippen molar-refractivity contribution in [2.24, 2.45) is 11.3 Å². The fourth-order valence-corrected chi connectivity index (χ4v) is 7.16. The second kappa shape index (κ2) is 15.7. The maximum Gasteiger partial charge on any atom is 0.249 e. The Bertz CT molecular complexity index is 1040. The van der Waals surface area contributed by atoms with Crippen LogP contribution < -0.4 is 5.32 Å². The van der Waals surface area contributed by atoms with Gasteiger partial charge < -0.3 is 20.0 Å². The van der Waals surface area contributed by atoms with E-state index in [2.05, 4.69) is 24.1 Å². The molecule has 0 aliphatic carbocycles. The number of likely N-dealkylation sites (N-methyl/N-ethyl adjacent to an activating group) is 1. The average molecular weight is 616 g/mol. The zero-order valence-corrected chi connectivity index (χ0v) is 29.2. The molecule has 3 heterocycles. The molecule has 9 heteroatoms. The number of nitrogens with one attached hydrogen (secondary N) is 1. The van der Waals surface area contributed by atoms with Gasteiger partial charge in [-0.2, -0.15) is 0 Å². The summed E-state index contributed by atoms with van der Waals surface area (Å²) in [5, 5.41) is 3.15. The minimum atomic E-state index is -0.712. The Balaban J connectivity index is 1.77. The van der Waals surface area contributed by atoms with E-state index in [-0.39, 0.29) is 47.7 Å². The summed E-state index contributed by atoms with van der Waals surface area (Å²) in [4.78, 5) is 62.7. The van der Waals surface area contributed by atoms with Crippen LogP contribution in [0.1, 0.15) is 113 Å². The summed E-state index contributed by atoms with van der Waals surface area (Å²) in [7, 11) is 1.77. The second-order valence-electron chi connectivity index (χ2n) is 15.1. The summed E-state index contributed by atoms with van der Waals surface area (Å²) in [5.41, 5.74) is 0.0373. The van der Waals surface area contributed by atoms with E-state index in [9.17, 15) is 19.2 Å². The molecule has 0 aromatic carbocycles. The van der Waals surface area contributed by atoms with E-state index in [1.807, 2.05) is 45.6 Å². The molecule has 4 amide bonds. The third-order valence-electron chi connectivity index (χ3n) is 9.86. The van der Waals surface area contributed by atoms with Crippen molar-refractivity contribution in [3.8, 4) is 0 Å². The number of amides is 4. The molecule has 3 rings (SSSR count). The fraction of sp³-hybridized carbons (Fsp3) is 0.829. The fourth-order valence-electron chi connectivity index (χ4n) is 7.16. The van der Waals surface area contributed by atoms with Crippen LogP contribution in [0.25, 0.3) is 0 Å². The van der Waals surface area contributed by atoms with Gasteiger partial charge >= 0.3 is 0 Å². The van der Waals surface area contributed by atoms with Gasteiger partial charge in [-0.25, -0.2) is 0 Å². The number of rotatable bonds is 9. The Labute approximate surface area is 267 Å². The molecule has 250 valence electrons. The molecular weight excluding hydrogens is 554 g/mol. The van der Waals surface area contributed by atoms with Crippen LogP contribution in [-0.4, -0.2) is 107 Å². The SMILES string of the molecule is C/C(=C\[C@H](C(C)C)N(C)C(=O)C(NC(=O)C1CCCCN1C(C)C)C(C)(C)C)C(=O)N1CCCC1C(=O)N1CCCCCC1. The van der Waals surface area contributed by atoms with Gasteiger partial charge in [-0.15, -0.1) is 0 Å². The first-order valence-electron chi connectivity index (χ1n) is 17.3. The number of hydrogen-bond donors (Lipinski definition) is 1. The molecule has 0 aromatic heterocycles. The molecule has 3 aliphatic heterocycles. The summed E-state index contributed by atoms with van der Waals surface area (Å²) >= 11 is 0. The predicted molar refractivity (Wildman–Crippen MR) is 176 cm³/mol. The molecule has 3 unspecified atom stereocenters. The van der Waals surface area contributed by atoms with Crippen molar-refractivity contribution in [1.82, 2.24) is 24.9 Å². The van der Waals surface area contributed by atoms with Crippen LogP contribution in [0.3, 0.4) is 0 Å². The number of nitrogens with zero attached hydrogens (tertiary/aromatic N) is 4. The lowest BCUT2D eigenvalue weighted by Crippen LogP contribution is -2.60. The van der Waals surface area contributed by atoms with Crippen LogP contribution >= 0.6 is 0 Å². The Hall–Kier alpha value is -2.42. The van der Waals surface area contributed by atoms with E-state index in [1.165, 1.54) is 0 Å². The van der Waals surface area contributed by atoms with Gasteiger partial charge in [-0.3, -0.25) is 24.1 Å². The van der Waals surface area contributed by atoms with Gasteiger partial charge in [0.1, 0.15) is 12.1 Å². The Morgan fingerprint density at radius 3 is 1.98 bits per heavy atom. The van der Waals surface area contributed by atoms with Crippen LogP contribution in [0.5, 0.6) is 0 Å². The quantitative estimate of drug-likeness (QED) is 0.383. The highest BCUT2D eigenvalue weighted by Gasteiger charge is 2.41. The van der Waals surface area contributed by atoms with Gasteiger partial charge in [0.2, 0.25) is 23.6 Å². The molecular formula is C35H61N5O4. The normalized spacial score (nSPS) is 23.8. The molecule has 3 fully saturated rings. The Morgan fingerprint density at radius 1 is 0.818 bits per heavy atom. The molecule has 0 aromatic rings. The largest absolute Gasteiger partial charge is 0.342 e. The first-order chi connectivity index (χ1) is 20.6. The van der Waals surface area contributed by atoms with Crippen molar-refractivity contribution in [2.45, 2.75) is 143 Å². The van der Waals surface area contributed by atoms with Gasteiger partial charge in [0.05, 0.1) is 12.1 Å². The van der Waals surface area contributed by atoms with Crippen molar-refractivity contribution < 1.29 is 19.2 Å². The van der Waals surface area contributed by atoms with Crippen LogP contribution in [-0.2, 0) is 19.2 Å². The standard InChI is InChI=1S/C35H61N5O4/c1-24(2)29(23-26(5)32(42)40-22-16-18-28(40)33(43)38-19-13-10-11-14-20-38)37(9)34(44)30(35(6,7)8)36-31(41)27-17-12-15-21-39(27)25(3)4/h23-25,27-30H,10-22H2,1-9H3,(H,36,41)/b26-23+/t27?,28?,29-,30?/m1/s1. The summed E-state index contributed by atoms with van der Waals surface area (Å²) in [6, 6.07) is -1.46. The summed E-state index contributed by atoms with van der Waals surface area (Å²) < 4.78 is 0. The van der Waals surface area contributed by atoms with Crippen molar-refractivity contribution in [3.63, 3.8) is 0 Å². The summed E-state index contributed by atoms with van der Waals surface area (Å²) in [6.45, 7) is 19.1. The maximum absolute atomic E-state index is 14.1. The van der Waals surface area contributed by atoms with Gasteiger partial charge in [-0.05, 0) is 77.2 Å². The monoisotopic (exact) mass is 615 g/mol. The van der Waals surface area contributed by atoms with E-state index in [4.69, 9.17) is 0 Å². The lowest BCUT2D eigenvalue weighted by Gasteiger charge is -2.41. The number of likely N-dealkylation sites (tertiary alicyclic amines) is 3. The molecule has 44 heavy (non-hydrogen) atoms. The average Bonchev–Trinajstić information content (AvgIpc) is 3.30. The molecule has 1 N–H and O–H groups in total. The molecule has 9 nitrogen and oxygen atoms in total. The minimum Gasteiger partial charge on any atom is -0.342 e. The summed E-state index contributed by atoms with van der Waals surface area (Å²) in [6.07, 6.45) is 10.6. The van der Waals surface area contributed by atoms with Crippen LogP contribution in [0.4, 0.5) is 0 Å². The van der Waals surface area contributed by atoms with Crippen LogP contribution in [0.15, 0.2) is 11.6 Å². The first kappa shape index (κ1) is 36.1. The molecule has 0 spiro atoms. The molecule has 0 saturated carbocycles. The van der Waals surface area contributed by atoms with Gasteiger partial charge in [0.15, 0.2) is 0 Å². The van der Waals surface area contributed by atoms with E-state index in [0.717, 1.165) is 71.0 Å². The van der Waals surface area contributed by atoms with Crippen LogP contribution in [0, 0.1) is 11.3 Å². The number of piperidine rings is 1. The third kappa shape index (κ3) is 8.85. The Morgan fingerprint density at radius 2 is 1.41 bits per heavy atom. The minimum absolute atomic E-state index is 0.0332. The first-order valence-corrected chi connectivity index (χ1v) is 17.3. The van der Waals surface area contributed by atoms with Gasteiger partial charge in [0, 0.05) is 38.3 Å². The maximum atomic E-state index is 14.1. The zero-order chi connectivity index (χ0) is 32.8.